The Balaban J connectivity index is 1.68. The first-order valence-corrected chi connectivity index (χ1v) is 11.7. The van der Waals surface area contributed by atoms with Gasteiger partial charge in [0.25, 0.3) is 0 Å². The van der Waals surface area contributed by atoms with Gasteiger partial charge in [-0.2, -0.15) is 5.10 Å². The number of anilines is 1. The Morgan fingerprint density at radius 3 is 2.66 bits per heavy atom. The van der Waals surface area contributed by atoms with Crippen LogP contribution in [-0.4, -0.2) is 63.4 Å². The van der Waals surface area contributed by atoms with E-state index in [0.29, 0.717) is 13.1 Å². The van der Waals surface area contributed by atoms with Gasteiger partial charge in [0.15, 0.2) is 5.65 Å². The molecule has 0 radical (unpaired) electrons. The van der Waals surface area contributed by atoms with Crippen LogP contribution in [0.5, 0.6) is 0 Å². The minimum absolute atomic E-state index is 0.0266. The van der Waals surface area contributed by atoms with Crippen LogP contribution in [0.25, 0.3) is 16.7 Å². The maximum Gasteiger partial charge on any atom is 0.317 e. The summed E-state index contributed by atoms with van der Waals surface area (Å²) in [7, 11) is 0. The van der Waals surface area contributed by atoms with Crippen molar-refractivity contribution in [2.75, 3.05) is 37.6 Å². The third-order valence-electron chi connectivity index (χ3n) is 6.09. The molecule has 1 atom stereocenters. The molecule has 1 saturated heterocycles. The van der Waals surface area contributed by atoms with Crippen molar-refractivity contribution in [1.29, 1.82) is 0 Å². The largest absolute Gasteiger partial charge is 0.354 e. The van der Waals surface area contributed by atoms with Crippen molar-refractivity contribution in [3.63, 3.8) is 0 Å². The zero-order chi connectivity index (χ0) is 22.5. The predicted molar refractivity (Wildman–Crippen MR) is 127 cm³/mol. The molecule has 3 heterocycles. The number of aromatic nitrogens is 4. The molecule has 1 aliphatic rings. The van der Waals surface area contributed by atoms with E-state index in [1.807, 2.05) is 46.1 Å². The van der Waals surface area contributed by atoms with E-state index in [1.54, 1.807) is 0 Å². The number of fused-ring (bicyclic) bond motifs is 1. The number of hydrogen-bond acceptors (Lipinski definition) is 5. The zero-order valence-corrected chi connectivity index (χ0v) is 19.3. The molecular formula is C24H33N7O. The molecule has 2 amide bonds. The average molecular weight is 436 g/mol. The van der Waals surface area contributed by atoms with Crippen molar-refractivity contribution >= 4 is 22.9 Å². The van der Waals surface area contributed by atoms with Crippen LogP contribution in [0, 0.1) is 0 Å². The van der Waals surface area contributed by atoms with Gasteiger partial charge in [0.05, 0.1) is 17.3 Å². The first-order valence-electron chi connectivity index (χ1n) is 11.7. The molecule has 3 aromatic rings. The number of amides is 2. The van der Waals surface area contributed by atoms with E-state index < -0.39 is 0 Å². The maximum absolute atomic E-state index is 12.5. The van der Waals surface area contributed by atoms with Crippen molar-refractivity contribution in [2.24, 2.45) is 0 Å². The van der Waals surface area contributed by atoms with Gasteiger partial charge in [0.2, 0.25) is 0 Å². The van der Waals surface area contributed by atoms with Gasteiger partial charge in [-0.05, 0) is 31.4 Å². The molecule has 170 valence electrons. The molecule has 1 fully saturated rings. The summed E-state index contributed by atoms with van der Waals surface area (Å²) in [6.07, 6.45) is 4.68. The molecule has 2 aromatic heterocycles. The molecule has 0 spiro atoms. The van der Waals surface area contributed by atoms with Crippen LogP contribution in [0.15, 0.2) is 36.5 Å². The molecule has 1 aromatic carbocycles. The lowest BCUT2D eigenvalue weighted by molar-refractivity contribution is 0.201. The molecule has 8 heteroatoms. The number of para-hydroxylation sites is 1. The second kappa shape index (κ2) is 9.97. The third-order valence-corrected chi connectivity index (χ3v) is 6.09. The van der Waals surface area contributed by atoms with Crippen LogP contribution in [0.4, 0.5) is 10.6 Å². The van der Waals surface area contributed by atoms with Gasteiger partial charge in [-0.15, -0.1) is 0 Å². The first-order chi connectivity index (χ1) is 15.6. The van der Waals surface area contributed by atoms with E-state index in [0.717, 1.165) is 67.3 Å². The summed E-state index contributed by atoms with van der Waals surface area (Å²) in [6.45, 7) is 10.1. The summed E-state index contributed by atoms with van der Waals surface area (Å²) in [5.41, 5.74) is 1.81. The maximum atomic E-state index is 12.5. The van der Waals surface area contributed by atoms with E-state index in [4.69, 9.17) is 9.97 Å². The zero-order valence-electron chi connectivity index (χ0n) is 19.3. The molecule has 32 heavy (non-hydrogen) atoms. The van der Waals surface area contributed by atoms with E-state index in [1.165, 1.54) is 0 Å². The number of nitrogens with zero attached hydrogens (tertiary/aromatic N) is 6. The summed E-state index contributed by atoms with van der Waals surface area (Å²) in [5.74, 6) is 2.01. The van der Waals surface area contributed by atoms with Gasteiger partial charge in [-0.25, -0.2) is 19.4 Å². The predicted octanol–water partition coefficient (Wildman–Crippen LogP) is 3.96. The number of urea groups is 1. The molecule has 4 rings (SSSR count). The van der Waals surface area contributed by atoms with E-state index >= 15 is 0 Å². The third kappa shape index (κ3) is 4.54. The molecule has 0 saturated carbocycles. The quantitative estimate of drug-likeness (QED) is 0.634. The highest BCUT2D eigenvalue weighted by atomic mass is 16.2. The van der Waals surface area contributed by atoms with Gasteiger partial charge in [-0.3, -0.25) is 0 Å². The van der Waals surface area contributed by atoms with Crippen LogP contribution >= 0.6 is 0 Å². The molecule has 8 nitrogen and oxygen atoms in total. The Kier molecular flexibility index (Phi) is 6.87. The van der Waals surface area contributed by atoms with Crippen LogP contribution in [0.1, 0.15) is 51.8 Å². The van der Waals surface area contributed by atoms with Crippen molar-refractivity contribution in [2.45, 2.75) is 46.0 Å². The lowest BCUT2D eigenvalue weighted by Crippen LogP contribution is -2.42. The van der Waals surface area contributed by atoms with Crippen LogP contribution < -0.4 is 10.2 Å². The highest BCUT2D eigenvalue weighted by molar-refractivity contribution is 5.88. The Morgan fingerprint density at radius 1 is 1.09 bits per heavy atom. The topological polar surface area (TPSA) is 79.2 Å². The molecule has 1 aliphatic heterocycles. The van der Waals surface area contributed by atoms with E-state index in [-0.39, 0.29) is 11.9 Å². The second-order valence-corrected chi connectivity index (χ2v) is 8.40. The number of carbonyl (C=O) groups is 1. The Labute approximate surface area is 189 Å². The lowest BCUT2D eigenvalue weighted by Gasteiger charge is -2.24. The summed E-state index contributed by atoms with van der Waals surface area (Å²) in [6, 6.07) is 10.1. The minimum atomic E-state index is 0.0266. The Morgan fingerprint density at radius 2 is 1.91 bits per heavy atom. The second-order valence-electron chi connectivity index (χ2n) is 8.40. The average Bonchev–Trinajstić information content (AvgIpc) is 3.11. The smallest absolute Gasteiger partial charge is 0.317 e. The minimum Gasteiger partial charge on any atom is -0.354 e. The summed E-state index contributed by atoms with van der Waals surface area (Å²) in [5, 5.41) is 8.61. The SMILES string of the molecule is CCCNC(=O)N1CCCN(c2nc(C(C)CC)nc3c2cnn3-c2ccccc2)CC1. The van der Waals surface area contributed by atoms with Crippen molar-refractivity contribution < 1.29 is 4.79 Å². The van der Waals surface area contributed by atoms with Crippen LogP contribution in [0.3, 0.4) is 0 Å². The van der Waals surface area contributed by atoms with E-state index in [9.17, 15) is 4.79 Å². The number of rotatable bonds is 6. The lowest BCUT2D eigenvalue weighted by atomic mass is 10.1. The first kappa shape index (κ1) is 22.0. The van der Waals surface area contributed by atoms with Gasteiger partial charge in [-0.1, -0.05) is 39.0 Å². The number of carbonyl (C=O) groups excluding carboxylic acids is 1. The highest BCUT2D eigenvalue weighted by Gasteiger charge is 2.24. The number of hydrogen-bond donors (Lipinski definition) is 1. The molecule has 1 N–H and O–H groups in total. The summed E-state index contributed by atoms with van der Waals surface area (Å²) in [4.78, 5) is 26.6. The Hall–Kier alpha value is -3.16. The van der Waals surface area contributed by atoms with Crippen molar-refractivity contribution in [3.8, 4) is 5.69 Å². The van der Waals surface area contributed by atoms with E-state index in [2.05, 4.69) is 36.1 Å². The fraction of sp³-hybridized carbons (Fsp3) is 0.500. The molecule has 1 unspecified atom stereocenters. The molecular weight excluding hydrogens is 402 g/mol. The Bertz CT molecular complexity index is 1050. The standard InChI is InChI=1S/C24H33N7O/c1-4-12-25-24(32)30-14-9-13-29(15-16-30)22-20-17-26-31(19-10-7-6-8-11-19)23(20)28-21(27-22)18(3)5-2/h6-8,10-11,17-18H,4-5,9,12-16H2,1-3H3,(H,25,32). The van der Waals surface area contributed by atoms with Gasteiger partial charge >= 0.3 is 6.03 Å². The highest BCUT2D eigenvalue weighted by Crippen LogP contribution is 2.29. The fourth-order valence-corrected chi connectivity index (χ4v) is 3.99. The van der Waals surface area contributed by atoms with Gasteiger partial charge in [0.1, 0.15) is 11.6 Å². The number of benzene rings is 1. The summed E-state index contributed by atoms with van der Waals surface area (Å²) < 4.78 is 1.90. The van der Waals surface area contributed by atoms with Gasteiger partial charge < -0.3 is 15.1 Å². The molecule has 0 aliphatic carbocycles. The fourth-order valence-electron chi connectivity index (χ4n) is 3.99. The van der Waals surface area contributed by atoms with Crippen molar-refractivity contribution in [1.82, 2.24) is 30.0 Å². The number of nitrogens with one attached hydrogen (secondary N) is 1. The van der Waals surface area contributed by atoms with Crippen LogP contribution in [-0.2, 0) is 0 Å². The van der Waals surface area contributed by atoms with Crippen LogP contribution in [0.2, 0.25) is 0 Å². The summed E-state index contributed by atoms with van der Waals surface area (Å²) >= 11 is 0. The normalized spacial score (nSPS) is 15.6. The molecule has 0 bridgehead atoms. The van der Waals surface area contributed by atoms with Crippen molar-refractivity contribution in [3.05, 3.63) is 42.4 Å². The van der Waals surface area contributed by atoms with Gasteiger partial charge in [0, 0.05) is 38.6 Å². The monoisotopic (exact) mass is 435 g/mol.